The minimum absolute atomic E-state index is 0.0797. The van der Waals surface area contributed by atoms with Gasteiger partial charge in [0.05, 0.1) is 6.26 Å². The van der Waals surface area contributed by atoms with E-state index in [0.29, 0.717) is 38.4 Å². The molecule has 6 nitrogen and oxygen atoms in total. The first kappa shape index (κ1) is 16.7. The highest BCUT2D eigenvalue weighted by atomic mass is 32.1. The van der Waals surface area contributed by atoms with E-state index in [2.05, 4.69) is 14.3 Å². The summed E-state index contributed by atoms with van der Waals surface area (Å²) in [5.41, 5.74) is 0.976. The molecule has 1 fully saturated rings. The van der Waals surface area contributed by atoms with Crippen LogP contribution >= 0.6 is 11.5 Å². The van der Waals surface area contributed by atoms with Gasteiger partial charge in [0.1, 0.15) is 11.6 Å². The molecule has 0 saturated carbocycles. The van der Waals surface area contributed by atoms with Crippen molar-refractivity contribution in [1.82, 2.24) is 14.3 Å². The lowest BCUT2D eigenvalue weighted by atomic mass is 10.1. The van der Waals surface area contributed by atoms with Crippen LogP contribution in [0, 0.1) is 5.82 Å². The predicted octanol–water partition coefficient (Wildman–Crippen LogP) is 2.82. The molecule has 3 heterocycles. The quantitative estimate of drug-likeness (QED) is 0.705. The van der Waals surface area contributed by atoms with Gasteiger partial charge in [-0.15, -0.1) is 0 Å². The van der Waals surface area contributed by atoms with Crippen molar-refractivity contribution in [3.63, 3.8) is 0 Å². The van der Waals surface area contributed by atoms with Crippen molar-refractivity contribution in [2.75, 3.05) is 31.1 Å². The van der Waals surface area contributed by atoms with E-state index in [9.17, 15) is 9.18 Å². The Morgan fingerprint density at radius 2 is 1.92 bits per heavy atom. The van der Waals surface area contributed by atoms with Crippen molar-refractivity contribution in [3.05, 3.63) is 65.6 Å². The minimum Gasteiger partial charge on any atom is -0.459 e. The number of carbonyl (C=O) groups is 1. The van der Waals surface area contributed by atoms with Crippen LogP contribution in [0.3, 0.4) is 0 Å². The second-order valence-corrected chi connectivity index (χ2v) is 6.78. The number of nitrogens with zero attached hydrogens (tertiary/aromatic N) is 4. The number of carbonyl (C=O) groups excluding carboxylic acids is 1. The van der Waals surface area contributed by atoms with Crippen LogP contribution in [-0.2, 0) is 6.42 Å². The van der Waals surface area contributed by atoms with Crippen molar-refractivity contribution in [1.29, 1.82) is 0 Å². The molecule has 0 aliphatic carbocycles. The number of aromatic nitrogens is 2. The zero-order valence-electron chi connectivity index (χ0n) is 14.0. The Morgan fingerprint density at radius 3 is 2.62 bits per heavy atom. The smallest absolute Gasteiger partial charge is 0.289 e. The van der Waals surface area contributed by atoms with Gasteiger partial charge in [-0.3, -0.25) is 4.79 Å². The Bertz CT molecular complexity index is 871. The summed E-state index contributed by atoms with van der Waals surface area (Å²) in [4.78, 5) is 20.8. The standard InChI is InChI=1S/C18H17FN4O2S/c19-14-5-3-13(4-6-14)12-16-20-18(26-21-16)23-9-7-22(8-10-23)17(24)15-2-1-11-25-15/h1-6,11H,7-10,12H2. The number of anilines is 1. The average Bonchev–Trinajstić information content (AvgIpc) is 3.35. The summed E-state index contributed by atoms with van der Waals surface area (Å²) in [5.74, 6) is 0.771. The SMILES string of the molecule is O=C(c1ccco1)N1CCN(c2nc(Cc3ccc(F)cc3)ns2)CC1. The molecular formula is C18H17FN4O2S. The van der Waals surface area contributed by atoms with Crippen LogP contribution in [0.25, 0.3) is 0 Å². The molecule has 134 valence electrons. The maximum Gasteiger partial charge on any atom is 0.289 e. The molecule has 4 rings (SSSR count). The van der Waals surface area contributed by atoms with E-state index in [1.54, 1.807) is 29.2 Å². The van der Waals surface area contributed by atoms with Gasteiger partial charge in [-0.1, -0.05) is 12.1 Å². The van der Waals surface area contributed by atoms with Crippen LogP contribution in [0.2, 0.25) is 0 Å². The molecule has 0 radical (unpaired) electrons. The molecule has 1 aromatic carbocycles. The Kier molecular flexibility index (Phi) is 4.66. The number of rotatable bonds is 4. The van der Waals surface area contributed by atoms with E-state index in [4.69, 9.17) is 4.42 Å². The van der Waals surface area contributed by atoms with Gasteiger partial charge in [-0.2, -0.15) is 4.37 Å². The first-order valence-corrected chi connectivity index (χ1v) is 9.11. The fourth-order valence-electron chi connectivity index (χ4n) is 2.89. The molecule has 26 heavy (non-hydrogen) atoms. The van der Waals surface area contributed by atoms with E-state index < -0.39 is 0 Å². The van der Waals surface area contributed by atoms with Crippen LogP contribution in [0.1, 0.15) is 21.9 Å². The molecule has 1 aliphatic heterocycles. The number of piperazine rings is 1. The third kappa shape index (κ3) is 3.60. The highest BCUT2D eigenvalue weighted by Crippen LogP contribution is 2.21. The molecule has 1 aliphatic rings. The van der Waals surface area contributed by atoms with Gasteiger partial charge >= 0.3 is 0 Å². The van der Waals surface area contributed by atoms with Crippen molar-refractivity contribution in [2.24, 2.45) is 0 Å². The summed E-state index contributed by atoms with van der Waals surface area (Å²) in [5, 5.41) is 0.854. The number of hydrogen-bond acceptors (Lipinski definition) is 6. The molecule has 0 bridgehead atoms. The van der Waals surface area contributed by atoms with Gasteiger partial charge in [0, 0.05) is 44.1 Å². The first-order valence-electron chi connectivity index (χ1n) is 8.34. The zero-order valence-corrected chi connectivity index (χ0v) is 14.8. The fourth-order valence-corrected chi connectivity index (χ4v) is 3.62. The summed E-state index contributed by atoms with van der Waals surface area (Å²) >= 11 is 1.35. The lowest BCUT2D eigenvalue weighted by Crippen LogP contribution is -2.48. The second kappa shape index (κ2) is 7.25. The van der Waals surface area contributed by atoms with Gasteiger partial charge < -0.3 is 14.2 Å². The second-order valence-electron chi connectivity index (χ2n) is 6.05. The first-order chi connectivity index (χ1) is 12.7. The average molecular weight is 372 g/mol. The van der Waals surface area contributed by atoms with Gasteiger partial charge in [-0.25, -0.2) is 9.37 Å². The molecular weight excluding hydrogens is 355 g/mol. The zero-order chi connectivity index (χ0) is 17.9. The molecule has 3 aromatic rings. The lowest BCUT2D eigenvalue weighted by molar-refractivity contribution is 0.0714. The van der Waals surface area contributed by atoms with Gasteiger partial charge in [0.15, 0.2) is 5.76 Å². The van der Waals surface area contributed by atoms with Crippen LogP contribution in [-0.4, -0.2) is 46.3 Å². The largest absolute Gasteiger partial charge is 0.459 e. The summed E-state index contributed by atoms with van der Waals surface area (Å²) in [7, 11) is 0. The number of hydrogen-bond donors (Lipinski definition) is 0. The van der Waals surface area contributed by atoms with Crippen molar-refractivity contribution in [3.8, 4) is 0 Å². The number of halogens is 1. The predicted molar refractivity (Wildman–Crippen MR) is 95.9 cm³/mol. The molecule has 0 atom stereocenters. The topological polar surface area (TPSA) is 62.5 Å². The third-order valence-corrected chi connectivity index (χ3v) is 5.12. The third-order valence-electron chi connectivity index (χ3n) is 4.30. The van der Waals surface area contributed by atoms with E-state index in [1.807, 2.05) is 0 Å². The normalized spacial score (nSPS) is 14.7. The molecule has 0 spiro atoms. The molecule has 2 aromatic heterocycles. The Morgan fingerprint density at radius 1 is 1.15 bits per heavy atom. The van der Waals surface area contributed by atoms with Crippen LogP contribution in [0.5, 0.6) is 0 Å². The van der Waals surface area contributed by atoms with E-state index in [0.717, 1.165) is 16.5 Å². The van der Waals surface area contributed by atoms with E-state index in [1.165, 1.54) is 29.9 Å². The summed E-state index contributed by atoms with van der Waals surface area (Å²) in [6.07, 6.45) is 2.08. The number of amides is 1. The summed E-state index contributed by atoms with van der Waals surface area (Å²) < 4.78 is 22.6. The monoisotopic (exact) mass is 372 g/mol. The molecule has 0 unspecified atom stereocenters. The molecule has 8 heteroatoms. The highest BCUT2D eigenvalue weighted by molar-refractivity contribution is 7.09. The highest BCUT2D eigenvalue weighted by Gasteiger charge is 2.25. The van der Waals surface area contributed by atoms with Crippen LogP contribution in [0.15, 0.2) is 47.1 Å². The van der Waals surface area contributed by atoms with Crippen molar-refractivity contribution in [2.45, 2.75) is 6.42 Å². The Hall–Kier alpha value is -2.74. The molecule has 1 amide bonds. The van der Waals surface area contributed by atoms with Gasteiger partial charge in [-0.05, 0) is 29.8 Å². The van der Waals surface area contributed by atoms with Crippen LogP contribution in [0.4, 0.5) is 9.52 Å². The van der Waals surface area contributed by atoms with Gasteiger partial charge in [0.2, 0.25) is 5.13 Å². The summed E-state index contributed by atoms with van der Waals surface area (Å²) in [6.45, 7) is 2.65. The molecule has 1 saturated heterocycles. The van der Waals surface area contributed by atoms with E-state index in [-0.39, 0.29) is 11.7 Å². The molecule has 0 N–H and O–H groups in total. The van der Waals surface area contributed by atoms with Crippen molar-refractivity contribution < 1.29 is 13.6 Å². The maximum absolute atomic E-state index is 13.0. The number of benzene rings is 1. The Balaban J connectivity index is 1.35. The Labute approximate surface area is 154 Å². The van der Waals surface area contributed by atoms with E-state index >= 15 is 0 Å². The van der Waals surface area contributed by atoms with Crippen molar-refractivity contribution >= 4 is 22.6 Å². The maximum atomic E-state index is 13.0. The van der Waals surface area contributed by atoms with Crippen LogP contribution < -0.4 is 4.90 Å². The van der Waals surface area contributed by atoms with Gasteiger partial charge in [0.25, 0.3) is 5.91 Å². The fraction of sp³-hybridized carbons (Fsp3) is 0.278. The number of furan rings is 1. The lowest BCUT2D eigenvalue weighted by Gasteiger charge is -2.33. The minimum atomic E-state index is -0.248. The summed E-state index contributed by atoms with van der Waals surface area (Å²) in [6, 6.07) is 9.77.